The predicted molar refractivity (Wildman–Crippen MR) is 72.0 cm³/mol. The Labute approximate surface area is 118 Å². The second kappa shape index (κ2) is 6.09. The molecule has 2 heterocycles. The Kier molecular flexibility index (Phi) is 4.64. The zero-order valence-corrected chi connectivity index (χ0v) is 12.1. The standard InChI is InChI=1S/C12H20N2O5S/c15-11(7-10-8-20(18,19)6-3-13-10)14-4-1-9(2-5-14)12(16)17/h9-10,13H,1-8H2,(H,16,17). The predicted octanol–water partition coefficient (Wildman–Crippen LogP) is -0.914. The van der Waals surface area contributed by atoms with Gasteiger partial charge in [0.25, 0.3) is 0 Å². The second-order valence-corrected chi connectivity index (χ2v) is 7.69. The molecule has 1 amide bonds. The molecule has 7 nitrogen and oxygen atoms in total. The van der Waals surface area contributed by atoms with Gasteiger partial charge in [-0.15, -0.1) is 0 Å². The third-order valence-electron chi connectivity index (χ3n) is 3.92. The number of amides is 1. The van der Waals surface area contributed by atoms with Crippen LogP contribution in [0, 0.1) is 5.92 Å². The van der Waals surface area contributed by atoms with Gasteiger partial charge in [-0.25, -0.2) is 8.42 Å². The van der Waals surface area contributed by atoms with E-state index in [2.05, 4.69) is 5.32 Å². The highest BCUT2D eigenvalue weighted by Crippen LogP contribution is 2.18. The van der Waals surface area contributed by atoms with Gasteiger partial charge in [0.1, 0.15) is 0 Å². The molecular formula is C12H20N2O5S. The van der Waals surface area contributed by atoms with E-state index < -0.39 is 15.8 Å². The number of hydrogen-bond donors (Lipinski definition) is 2. The van der Waals surface area contributed by atoms with Gasteiger partial charge in [0.2, 0.25) is 5.91 Å². The zero-order valence-electron chi connectivity index (χ0n) is 11.2. The van der Waals surface area contributed by atoms with Crippen molar-refractivity contribution in [3.05, 3.63) is 0 Å². The van der Waals surface area contributed by atoms with Gasteiger partial charge in [-0.2, -0.15) is 0 Å². The van der Waals surface area contributed by atoms with Gasteiger partial charge < -0.3 is 15.3 Å². The lowest BCUT2D eigenvalue weighted by molar-refractivity contribution is -0.145. The smallest absolute Gasteiger partial charge is 0.306 e. The molecule has 0 aromatic rings. The van der Waals surface area contributed by atoms with Crippen LogP contribution in [0.2, 0.25) is 0 Å². The zero-order chi connectivity index (χ0) is 14.8. The maximum Gasteiger partial charge on any atom is 0.306 e. The minimum atomic E-state index is -3.04. The van der Waals surface area contributed by atoms with Crippen LogP contribution in [0.3, 0.4) is 0 Å². The van der Waals surface area contributed by atoms with Crippen LogP contribution in [-0.2, 0) is 19.4 Å². The minimum absolute atomic E-state index is 0.00430. The number of aliphatic carboxylic acids is 1. The molecule has 20 heavy (non-hydrogen) atoms. The summed E-state index contributed by atoms with van der Waals surface area (Å²) in [5, 5.41) is 12.0. The normalized spacial score (nSPS) is 27.2. The summed E-state index contributed by atoms with van der Waals surface area (Å²) in [6.45, 7) is 1.27. The molecule has 0 spiro atoms. The number of sulfone groups is 1. The van der Waals surface area contributed by atoms with Crippen molar-refractivity contribution < 1.29 is 23.1 Å². The Morgan fingerprint density at radius 2 is 1.90 bits per heavy atom. The molecule has 2 saturated heterocycles. The van der Waals surface area contributed by atoms with Crippen molar-refractivity contribution in [1.82, 2.24) is 10.2 Å². The van der Waals surface area contributed by atoms with Crippen LogP contribution in [0.5, 0.6) is 0 Å². The molecule has 2 aliphatic heterocycles. The molecule has 114 valence electrons. The van der Waals surface area contributed by atoms with E-state index in [-0.39, 0.29) is 35.8 Å². The molecule has 0 aromatic carbocycles. The Morgan fingerprint density at radius 1 is 1.25 bits per heavy atom. The lowest BCUT2D eigenvalue weighted by Gasteiger charge is -2.32. The number of carbonyl (C=O) groups is 2. The van der Waals surface area contributed by atoms with Crippen molar-refractivity contribution in [2.24, 2.45) is 5.92 Å². The van der Waals surface area contributed by atoms with Crippen LogP contribution in [0.4, 0.5) is 0 Å². The number of piperidine rings is 1. The molecule has 0 aliphatic carbocycles. The minimum Gasteiger partial charge on any atom is -0.481 e. The van der Waals surface area contributed by atoms with E-state index in [1.165, 1.54) is 0 Å². The molecular weight excluding hydrogens is 284 g/mol. The molecule has 1 unspecified atom stereocenters. The van der Waals surface area contributed by atoms with Gasteiger partial charge >= 0.3 is 5.97 Å². The summed E-state index contributed by atoms with van der Waals surface area (Å²) < 4.78 is 23.0. The van der Waals surface area contributed by atoms with Gasteiger partial charge in [-0.1, -0.05) is 0 Å². The molecule has 2 fully saturated rings. The van der Waals surface area contributed by atoms with Crippen LogP contribution < -0.4 is 5.32 Å². The summed E-state index contributed by atoms with van der Waals surface area (Å²) >= 11 is 0. The maximum atomic E-state index is 12.1. The summed E-state index contributed by atoms with van der Waals surface area (Å²) in [5.41, 5.74) is 0. The van der Waals surface area contributed by atoms with Crippen LogP contribution in [-0.4, -0.2) is 67.5 Å². The van der Waals surface area contributed by atoms with Crippen LogP contribution in [0.15, 0.2) is 0 Å². The van der Waals surface area contributed by atoms with Crippen LogP contribution in [0.25, 0.3) is 0 Å². The Hall–Kier alpha value is -1.15. The number of carboxylic acid groups (broad SMARTS) is 1. The van der Waals surface area contributed by atoms with Crippen molar-refractivity contribution in [3.8, 4) is 0 Å². The molecule has 2 N–H and O–H groups in total. The van der Waals surface area contributed by atoms with E-state index >= 15 is 0 Å². The second-order valence-electron chi connectivity index (χ2n) is 5.46. The highest BCUT2D eigenvalue weighted by Gasteiger charge is 2.30. The van der Waals surface area contributed by atoms with E-state index in [4.69, 9.17) is 5.11 Å². The summed E-state index contributed by atoms with van der Waals surface area (Å²) in [5.74, 6) is -1.14. The molecule has 0 aromatic heterocycles. The summed E-state index contributed by atoms with van der Waals surface area (Å²) in [7, 11) is -3.04. The molecule has 0 radical (unpaired) electrons. The first-order chi connectivity index (χ1) is 9.37. The van der Waals surface area contributed by atoms with Gasteiger partial charge in [0.15, 0.2) is 9.84 Å². The summed E-state index contributed by atoms with van der Waals surface area (Å²) in [6.07, 6.45) is 1.10. The van der Waals surface area contributed by atoms with E-state index in [9.17, 15) is 18.0 Å². The average molecular weight is 304 g/mol. The van der Waals surface area contributed by atoms with Gasteiger partial charge in [0.05, 0.1) is 17.4 Å². The number of rotatable bonds is 3. The van der Waals surface area contributed by atoms with Gasteiger partial charge in [0, 0.05) is 32.1 Å². The van der Waals surface area contributed by atoms with Gasteiger partial charge in [-0.3, -0.25) is 9.59 Å². The van der Waals surface area contributed by atoms with Crippen LogP contribution in [0.1, 0.15) is 19.3 Å². The van der Waals surface area contributed by atoms with Crippen molar-refractivity contribution in [3.63, 3.8) is 0 Å². The highest BCUT2D eigenvalue weighted by atomic mass is 32.2. The van der Waals surface area contributed by atoms with Crippen molar-refractivity contribution >= 4 is 21.7 Å². The first-order valence-electron chi connectivity index (χ1n) is 6.82. The largest absolute Gasteiger partial charge is 0.481 e. The molecule has 2 aliphatic rings. The third kappa shape index (κ3) is 3.92. The highest BCUT2D eigenvalue weighted by molar-refractivity contribution is 7.91. The average Bonchev–Trinajstić information content (AvgIpc) is 2.37. The van der Waals surface area contributed by atoms with Gasteiger partial charge in [-0.05, 0) is 12.8 Å². The Balaban J connectivity index is 1.82. The van der Waals surface area contributed by atoms with E-state index in [1.807, 2.05) is 0 Å². The van der Waals surface area contributed by atoms with E-state index in [1.54, 1.807) is 4.90 Å². The SMILES string of the molecule is O=C(O)C1CCN(C(=O)CC2CS(=O)(=O)CCN2)CC1. The van der Waals surface area contributed by atoms with E-state index in [0.29, 0.717) is 32.5 Å². The monoisotopic (exact) mass is 304 g/mol. The Morgan fingerprint density at radius 3 is 2.45 bits per heavy atom. The fraction of sp³-hybridized carbons (Fsp3) is 0.833. The fourth-order valence-electron chi connectivity index (χ4n) is 2.71. The lowest BCUT2D eigenvalue weighted by Crippen LogP contribution is -2.49. The third-order valence-corrected chi connectivity index (χ3v) is 5.66. The van der Waals surface area contributed by atoms with Crippen molar-refractivity contribution in [2.75, 3.05) is 31.1 Å². The number of nitrogens with zero attached hydrogens (tertiary/aromatic N) is 1. The maximum absolute atomic E-state index is 12.1. The number of carbonyl (C=O) groups excluding carboxylic acids is 1. The molecule has 0 saturated carbocycles. The number of likely N-dealkylation sites (tertiary alicyclic amines) is 1. The number of nitrogens with one attached hydrogen (secondary N) is 1. The quantitative estimate of drug-likeness (QED) is 0.699. The molecule has 1 atom stereocenters. The van der Waals surface area contributed by atoms with E-state index in [0.717, 1.165) is 0 Å². The topological polar surface area (TPSA) is 104 Å². The molecule has 2 rings (SSSR count). The van der Waals surface area contributed by atoms with Crippen molar-refractivity contribution in [2.45, 2.75) is 25.3 Å². The Bertz CT molecular complexity index is 482. The number of carboxylic acids is 1. The molecule has 8 heteroatoms. The first kappa shape index (κ1) is 15.2. The fourth-order valence-corrected chi connectivity index (χ4v) is 4.16. The summed E-state index contributed by atoms with van der Waals surface area (Å²) in [4.78, 5) is 24.6. The first-order valence-corrected chi connectivity index (χ1v) is 8.64. The molecule has 0 bridgehead atoms. The number of hydrogen-bond acceptors (Lipinski definition) is 5. The van der Waals surface area contributed by atoms with Crippen molar-refractivity contribution in [1.29, 1.82) is 0 Å². The lowest BCUT2D eigenvalue weighted by atomic mass is 9.97. The summed E-state index contributed by atoms with van der Waals surface area (Å²) in [6, 6.07) is -0.321. The van der Waals surface area contributed by atoms with Crippen LogP contribution >= 0.6 is 0 Å².